The van der Waals surface area contributed by atoms with Crippen molar-refractivity contribution in [1.82, 2.24) is 9.78 Å². The maximum absolute atomic E-state index is 12.8. The Bertz CT molecular complexity index is 1420. The zero-order valence-electron chi connectivity index (χ0n) is 20.4. The normalized spacial score (nSPS) is 10.8. The third-order valence-electron chi connectivity index (χ3n) is 5.65. The number of hydrogen-bond acceptors (Lipinski definition) is 7. The standard InChI is InChI=1S/C26H26N4O6/c1-16-8-10-23(22(12-16)30(32)33)35-15-21-9-11-24(36-21)26(31)27-25-17(2)28-29(18(25)3)14-19-6-5-7-20(13-19)34-4/h5-13H,14-15H2,1-4H3,(H,27,31). The number of aromatic nitrogens is 2. The lowest BCUT2D eigenvalue weighted by Gasteiger charge is -2.08. The second-order valence-electron chi connectivity index (χ2n) is 8.29. The van der Waals surface area contributed by atoms with Crippen LogP contribution in [-0.4, -0.2) is 27.7 Å². The van der Waals surface area contributed by atoms with Gasteiger partial charge in [0.2, 0.25) is 0 Å². The molecule has 2 heterocycles. The molecular weight excluding hydrogens is 464 g/mol. The van der Waals surface area contributed by atoms with Crippen LogP contribution in [0.1, 0.15) is 38.8 Å². The smallest absolute Gasteiger partial charge is 0.311 e. The van der Waals surface area contributed by atoms with Gasteiger partial charge in [-0.1, -0.05) is 18.2 Å². The summed E-state index contributed by atoms with van der Waals surface area (Å²) in [5.74, 6) is 0.901. The van der Waals surface area contributed by atoms with Gasteiger partial charge in [0.15, 0.2) is 11.5 Å². The highest BCUT2D eigenvalue weighted by Gasteiger charge is 2.19. The van der Waals surface area contributed by atoms with E-state index in [1.165, 1.54) is 12.1 Å². The molecule has 0 saturated carbocycles. The van der Waals surface area contributed by atoms with Crippen LogP contribution in [-0.2, 0) is 13.2 Å². The van der Waals surface area contributed by atoms with Crippen molar-refractivity contribution in [1.29, 1.82) is 0 Å². The third-order valence-corrected chi connectivity index (χ3v) is 5.65. The lowest BCUT2D eigenvalue weighted by Crippen LogP contribution is -2.12. The van der Waals surface area contributed by atoms with E-state index in [9.17, 15) is 14.9 Å². The Morgan fingerprint density at radius 3 is 2.69 bits per heavy atom. The Morgan fingerprint density at radius 1 is 1.14 bits per heavy atom. The Balaban J connectivity index is 1.43. The number of nitrogens with one attached hydrogen (secondary N) is 1. The van der Waals surface area contributed by atoms with E-state index < -0.39 is 10.8 Å². The van der Waals surface area contributed by atoms with Crippen LogP contribution in [0.4, 0.5) is 11.4 Å². The summed E-state index contributed by atoms with van der Waals surface area (Å²) in [6.45, 7) is 5.92. The molecular formula is C26H26N4O6. The van der Waals surface area contributed by atoms with Crippen molar-refractivity contribution in [2.24, 2.45) is 0 Å². The van der Waals surface area contributed by atoms with Crippen molar-refractivity contribution in [2.75, 3.05) is 12.4 Å². The van der Waals surface area contributed by atoms with Crippen molar-refractivity contribution in [2.45, 2.75) is 33.9 Å². The van der Waals surface area contributed by atoms with E-state index in [-0.39, 0.29) is 23.8 Å². The first kappa shape index (κ1) is 24.5. The number of hydrogen-bond donors (Lipinski definition) is 1. The molecule has 10 heteroatoms. The molecule has 36 heavy (non-hydrogen) atoms. The number of carbonyl (C=O) groups is 1. The van der Waals surface area contributed by atoms with Crippen molar-refractivity contribution in [3.8, 4) is 11.5 Å². The molecule has 1 amide bonds. The molecule has 0 aliphatic rings. The van der Waals surface area contributed by atoms with E-state index in [1.54, 1.807) is 32.2 Å². The fourth-order valence-corrected chi connectivity index (χ4v) is 3.77. The van der Waals surface area contributed by atoms with Gasteiger partial charge in [0.1, 0.15) is 18.1 Å². The summed E-state index contributed by atoms with van der Waals surface area (Å²) in [4.78, 5) is 23.6. The van der Waals surface area contributed by atoms with Crippen molar-refractivity contribution in [3.63, 3.8) is 0 Å². The summed E-state index contributed by atoms with van der Waals surface area (Å²) in [5, 5.41) is 18.7. The molecule has 0 radical (unpaired) electrons. The molecule has 4 aromatic rings. The molecule has 10 nitrogen and oxygen atoms in total. The van der Waals surface area contributed by atoms with Gasteiger partial charge < -0.3 is 19.2 Å². The van der Waals surface area contributed by atoms with Gasteiger partial charge in [0, 0.05) is 6.07 Å². The Hall–Kier alpha value is -4.60. The second-order valence-corrected chi connectivity index (χ2v) is 8.29. The molecule has 0 bridgehead atoms. The number of nitro groups is 1. The number of carbonyl (C=O) groups excluding carboxylic acids is 1. The van der Waals surface area contributed by atoms with E-state index in [2.05, 4.69) is 10.4 Å². The maximum atomic E-state index is 12.8. The van der Waals surface area contributed by atoms with Gasteiger partial charge in [-0.05, 0) is 62.2 Å². The number of benzene rings is 2. The topological polar surface area (TPSA) is 122 Å². The highest BCUT2D eigenvalue weighted by atomic mass is 16.6. The number of methoxy groups -OCH3 is 1. The first-order valence-corrected chi connectivity index (χ1v) is 11.2. The summed E-state index contributed by atoms with van der Waals surface area (Å²) in [5.41, 5.74) is 3.71. The Labute approximate surface area is 207 Å². The first-order valence-electron chi connectivity index (χ1n) is 11.2. The average molecular weight is 491 g/mol. The molecule has 186 valence electrons. The number of ether oxygens (including phenoxy) is 2. The van der Waals surface area contributed by atoms with Crippen molar-refractivity contribution >= 4 is 17.3 Å². The van der Waals surface area contributed by atoms with Gasteiger partial charge in [-0.2, -0.15) is 5.10 Å². The number of anilines is 1. The van der Waals surface area contributed by atoms with Crippen LogP contribution in [0.15, 0.2) is 59.0 Å². The van der Waals surface area contributed by atoms with E-state index >= 15 is 0 Å². The minimum Gasteiger partial charge on any atom is -0.497 e. The molecule has 2 aromatic carbocycles. The van der Waals surface area contributed by atoms with Crippen LogP contribution in [0.25, 0.3) is 0 Å². The van der Waals surface area contributed by atoms with Crippen LogP contribution < -0.4 is 14.8 Å². The summed E-state index contributed by atoms with van der Waals surface area (Å²) in [7, 11) is 1.62. The monoisotopic (exact) mass is 490 g/mol. The zero-order chi connectivity index (χ0) is 25.8. The molecule has 0 aliphatic carbocycles. The molecule has 0 unspecified atom stereocenters. The SMILES string of the molecule is COc1cccc(Cn2nc(C)c(NC(=O)c3ccc(COc4ccc(C)cc4[N+](=O)[O-])o3)c2C)c1. The van der Waals surface area contributed by atoms with Gasteiger partial charge in [0.05, 0.1) is 35.7 Å². The molecule has 0 aliphatic heterocycles. The molecule has 0 spiro atoms. The summed E-state index contributed by atoms with van der Waals surface area (Å²) >= 11 is 0. The van der Waals surface area contributed by atoms with E-state index in [0.29, 0.717) is 23.7 Å². The minimum atomic E-state index is -0.498. The number of nitro benzene ring substituents is 1. The van der Waals surface area contributed by atoms with Crippen molar-refractivity contribution in [3.05, 3.63) is 98.7 Å². The molecule has 2 aromatic heterocycles. The minimum absolute atomic E-state index is 0.0618. The van der Waals surface area contributed by atoms with E-state index in [1.807, 2.05) is 42.8 Å². The maximum Gasteiger partial charge on any atom is 0.311 e. The van der Waals surface area contributed by atoms with Gasteiger partial charge in [-0.3, -0.25) is 19.6 Å². The molecule has 1 N–H and O–H groups in total. The summed E-state index contributed by atoms with van der Waals surface area (Å²) in [6.07, 6.45) is 0. The van der Waals surface area contributed by atoms with Gasteiger partial charge in [0.25, 0.3) is 5.91 Å². The van der Waals surface area contributed by atoms with Crippen LogP contribution in [0.5, 0.6) is 11.5 Å². The lowest BCUT2D eigenvalue weighted by molar-refractivity contribution is -0.386. The van der Waals surface area contributed by atoms with Crippen LogP contribution in [0, 0.1) is 30.9 Å². The van der Waals surface area contributed by atoms with E-state index in [0.717, 1.165) is 22.6 Å². The van der Waals surface area contributed by atoms with Crippen LogP contribution in [0.3, 0.4) is 0 Å². The van der Waals surface area contributed by atoms with Gasteiger partial charge in [-0.25, -0.2) is 0 Å². The third kappa shape index (κ3) is 5.38. The lowest BCUT2D eigenvalue weighted by atomic mass is 10.2. The van der Waals surface area contributed by atoms with Gasteiger partial charge in [-0.15, -0.1) is 0 Å². The number of nitrogens with zero attached hydrogens (tertiary/aromatic N) is 3. The number of rotatable bonds is 9. The summed E-state index contributed by atoms with van der Waals surface area (Å²) in [6, 6.07) is 15.5. The molecule has 0 fully saturated rings. The zero-order valence-corrected chi connectivity index (χ0v) is 20.4. The number of furan rings is 1. The largest absolute Gasteiger partial charge is 0.497 e. The highest BCUT2D eigenvalue weighted by molar-refractivity contribution is 6.02. The average Bonchev–Trinajstić information content (AvgIpc) is 3.44. The first-order chi connectivity index (χ1) is 17.2. The number of amides is 1. The molecule has 4 rings (SSSR count). The van der Waals surface area contributed by atoms with Crippen LogP contribution >= 0.6 is 0 Å². The predicted octanol–water partition coefficient (Wildman–Crippen LogP) is 5.20. The molecule has 0 saturated heterocycles. The van der Waals surface area contributed by atoms with Crippen LogP contribution in [0.2, 0.25) is 0 Å². The summed E-state index contributed by atoms with van der Waals surface area (Å²) < 4.78 is 18.3. The second kappa shape index (κ2) is 10.3. The van der Waals surface area contributed by atoms with E-state index in [4.69, 9.17) is 13.9 Å². The number of aryl methyl sites for hydroxylation is 2. The van der Waals surface area contributed by atoms with Crippen molar-refractivity contribution < 1.29 is 23.6 Å². The highest BCUT2D eigenvalue weighted by Crippen LogP contribution is 2.29. The fraction of sp³-hybridized carbons (Fsp3) is 0.231. The quantitative estimate of drug-likeness (QED) is 0.253. The fourth-order valence-electron chi connectivity index (χ4n) is 3.77. The predicted molar refractivity (Wildman–Crippen MR) is 133 cm³/mol. The van der Waals surface area contributed by atoms with Gasteiger partial charge >= 0.3 is 5.69 Å². The Morgan fingerprint density at radius 2 is 1.94 bits per heavy atom. The molecule has 0 atom stereocenters. The Kier molecular flexibility index (Phi) is 7.05.